The van der Waals surface area contributed by atoms with E-state index < -0.39 is 0 Å². The molecule has 0 aliphatic carbocycles. The number of aliphatic imine (C=N–C) groups is 1. The number of hydrogen-bond acceptors (Lipinski definition) is 5. The molecule has 138 valence electrons. The Kier molecular flexibility index (Phi) is 4.19. The van der Waals surface area contributed by atoms with Crippen LogP contribution in [-0.4, -0.2) is 56.8 Å². The quantitative estimate of drug-likeness (QED) is 0.821. The van der Waals surface area contributed by atoms with Crippen LogP contribution < -0.4 is 10.6 Å². The average Bonchev–Trinajstić information content (AvgIpc) is 3.20. The van der Waals surface area contributed by atoms with Crippen molar-refractivity contribution in [1.29, 1.82) is 0 Å². The van der Waals surface area contributed by atoms with Gasteiger partial charge in [0.25, 0.3) is 0 Å². The zero-order valence-corrected chi connectivity index (χ0v) is 15.9. The first-order valence-corrected chi connectivity index (χ1v) is 9.36. The van der Waals surface area contributed by atoms with Crippen LogP contribution >= 0.6 is 0 Å². The second-order valence-electron chi connectivity index (χ2n) is 7.44. The Labute approximate surface area is 153 Å². The van der Waals surface area contributed by atoms with Gasteiger partial charge in [0.05, 0.1) is 18.8 Å². The van der Waals surface area contributed by atoms with Gasteiger partial charge in [0.1, 0.15) is 5.84 Å². The van der Waals surface area contributed by atoms with Crippen molar-refractivity contribution < 1.29 is 0 Å². The van der Waals surface area contributed by atoms with Gasteiger partial charge in [0.15, 0.2) is 0 Å². The fraction of sp³-hybridized carbons (Fsp3) is 0.526. The lowest BCUT2D eigenvalue weighted by Crippen LogP contribution is -2.40. The molecule has 0 fully saturated rings. The second-order valence-corrected chi connectivity index (χ2v) is 7.44. The summed E-state index contributed by atoms with van der Waals surface area (Å²) in [6, 6.07) is 8.80. The van der Waals surface area contributed by atoms with Crippen molar-refractivity contribution in [1.82, 2.24) is 19.2 Å². The van der Waals surface area contributed by atoms with Gasteiger partial charge in [-0.05, 0) is 39.8 Å². The Hall–Kier alpha value is -2.41. The first kappa shape index (κ1) is 17.0. The van der Waals surface area contributed by atoms with Crippen molar-refractivity contribution in [3.63, 3.8) is 0 Å². The Balaban J connectivity index is 1.73. The smallest absolute Gasteiger partial charge is 0.297 e. The molecule has 0 saturated carbocycles. The monoisotopic (exact) mass is 354 g/mol. The number of hydrogen-bond donors (Lipinski definition) is 0. The van der Waals surface area contributed by atoms with Gasteiger partial charge in [-0.15, -0.1) is 5.10 Å². The summed E-state index contributed by atoms with van der Waals surface area (Å²) >= 11 is 0. The maximum absolute atomic E-state index is 13.1. The first-order valence-electron chi connectivity index (χ1n) is 9.36. The van der Waals surface area contributed by atoms with Crippen molar-refractivity contribution >= 4 is 11.8 Å². The largest absolute Gasteiger partial charge is 0.352 e. The topological polar surface area (TPSA) is 58.7 Å². The number of nitrogens with zero attached hydrogens (tertiary/aromatic N) is 6. The lowest BCUT2D eigenvalue weighted by molar-refractivity contribution is 0.165. The van der Waals surface area contributed by atoms with E-state index in [9.17, 15) is 4.79 Å². The van der Waals surface area contributed by atoms with Crippen LogP contribution in [0, 0.1) is 0 Å². The molecule has 26 heavy (non-hydrogen) atoms. The van der Waals surface area contributed by atoms with E-state index in [0.29, 0.717) is 24.6 Å². The van der Waals surface area contributed by atoms with Crippen molar-refractivity contribution in [3.8, 4) is 5.69 Å². The van der Waals surface area contributed by atoms with E-state index in [0.717, 1.165) is 36.7 Å². The van der Waals surface area contributed by atoms with Crippen molar-refractivity contribution in [3.05, 3.63) is 40.3 Å². The van der Waals surface area contributed by atoms with E-state index in [1.807, 2.05) is 24.3 Å². The summed E-state index contributed by atoms with van der Waals surface area (Å²) in [5, 5.41) is 4.67. The van der Waals surface area contributed by atoms with E-state index in [-0.39, 0.29) is 5.69 Å². The predicted octanol–water partition coefficient (Wildman–Crippen LogP) is 1.73. The Bertz CT molecular complexity index is 899. The molecule has 7 nitrogen and oxygen atoms in total. The molecule has 2 aliphatic heterocycles. The van der Waals surface area contributed by atoms with E-state index in [1.54, 1.807) is 9.25 Å². The zero-order chi connectivity index (χ0) is 18.4. The molecule has 0 N–H and O–H groups in total. The SMILES string of the molecule is CC(C)N(CCn1nc2n(c1=O)-c1ccccc1C1=NCCN12)C(C)C. The third-order valence-electron chi connectivity index (χ3n) is 5.19. The number of para-hydroxylation sites is 1. The molecule has 0 atom stereocenters. The third-order valence-corrected chi connectivity index (χ3v) is 5.19. The highest BCUT2D eigenvalue weighted by molar-refractivity contribution is 6.14. The van der Waals surface area contributed by atoms with Gasteiger partial charge in [-0.2, -0.15) is 0 Å². The molecule has 2 aromatic rings. The molecule has 0 unspecified atom stereocenters. The number of fused-ring (bicyclic) bond motifs is 6. The average molecular weight is 354 g/mol. The molecular formula is C19H26N6O. The molecule has 7 heteroatoms. The molecular weight excluding hydrogens is 328 g/mol. The fourth-order valence-corrected chi connectivity index (χ4v) is 3.98. The molecule has 0 amide bonds. The van der Waals surface area contributed by atoms with Crippen molar-refractivity contribution in [2.75, 3.05) is 24.5 Å². The van der Waals surface area contributed by atoms with Gasteiger partial charge >= 0.3 is 5.69 Å². The minimum atomic E-state index is -0.0779. The lowest BCUT2D eigenvalue weighted by atomic mass is 10.1. The van der Waals surface area contributed by atoms with Crippen LogP contribution in [0.1, 0.15) is 33.3 Å². The van der Waals surface area contributed by atoms with Crippen LogP contribution in [0.3, 0.4) is 0 Å². The molecule has 3 heterocycles. The highest BCUT2D eigenvalue weighted by Gasteiger charge is 2.34. The maximum atomic E-state index is 13.1. The number of amidine groups is 1. The standard InChI is InChI=1S/C19H26N6O/c1-13(2)22(14(3)4)11-12-24-19(26)25-16-8-6-5-7-15(16)17-20-9-10-23(17)18(25)21-24/h5-8,13-14H,9-12H2,1-4H3. The number of benzene rings is 1. The summed E-state index contributed by atoms with van der Waals surface area (Å²) in [5.74, 6) is 1.61. The van der Waals surface area contributed by atoms with Crippen LogP contribution in [0.4, 0.5) is 5.95 Å². The lowest BCUT2D eigenvalue weighted by Gasteiger charge is -2.30. The first-order chi connectivity index (χ1) is 12.5. The van der Waals surface area contributed by atoms with Crippen LogP contribution in [0.2, 0.25) is 0 Å². The van der Waals surface area contributed by atoms with Crippen LogP contribution in [0.5, 0.6) is 0 Å². The molecule has 4 rings (SSSR count). The van der Waals surface area contributed by atoms with Gasteiger partial charge in [0, 0.05) is 30.7 Å². The van der Waals surface area contributed by atoms with Crippen LogP contribution in [-0.2, 0) is 6.54 Å². The molecule has 0 bridgehead atoms. The fourth-order valence-electron chi connectivity index (χ4n) is 3.98. The summed E-state index contributed by atoms with van der Waals surface area (Å²) < 4.78 is 3.33. The van der Waals surface area contributed by atoms with Crippen LogP contribution in [0.25, 0.3) is 5.69 Å². The van der Waals surface area contributed by atoms with Crippen molar-refractivity contribution in [2.24, 2.45) is 4.99 Å². The molecule has 1 aromatic carbocycles. The molecule has 0 radical (unpaired) electrons. The minimum absolute atomic E-state index is 0.0779. The molecule has 1 aromatic heterocycles. The van der Waals surface area contributed by atoms with E-state index in [1.165, 1.54) is 0 Å². The van der Waals surface area contributed by atoms with Crippen molar-refractivity contribution in [2.45, 2.75) is 46.3 Å². The van der Waals surface area contributed by atoms with Gasteiger partial charge in [0.2, 0.25) is 5.95 Å². The highest BCUT2D eigenvalue weighted by Crippen LogP contribution is 2.29. The number of aromatic nitrogens is 3. The Morgan fingerprint density at radius 3 is 2.62 bits per heavy atom. The molecule has 0 saturated heterocycles. The summed E-state index contributed by atoms with van der Waals surface area (Å²) in [7, 11) is 0. The third kappa shape index (κ3) is 2.58. The van der Waals surface area contributed by atoms with E-state index in [4.69, 9.17) is 0 Å². The highest BCUT2D eigenvalue weighted by atomic mass is 16.2. The zero-order valence-electron chi connectivity index (χ0n) is 15.9. The number of rotatable bonds is 5. The summed E-state index contributed by atoms with van der Waals surface area (Å²) in [6.45, 7) is 11.6. The predicted molar refractivity (Wildman–Crippen MR) is 104 cm³/mol. The van der Waals surface area contributed by atoms with Gasteiger partial charge in [-0.3, -0.25) is 14.8 Å². The van der Waals surface area contributed by atoms with Gasteiger partial charge in [-0.1, -0.05) is 12.1 Å². The summed E-state index contributed by atoms with van der Waals surface area (Å²) in [6.07, 6.45) is 0. The van der Waals surface area contributed by atoms with E-state index in [2.05, 4.69) is 47.6 Å². The normalized spacial score (nSPS) is 15.5. The van der Waals surface area contributed by atoms with Gasteiger partial charge in [-0.25, -0.2) is 14.0 Å². The minimum Gasteiger partial charge on any atom is -0.297 e. The Morgan fingerprint density at radius 1 is 1.15 bits per heavy atom. The second kappa shape index (κ2) is 6.39. The number of anilines is 1. The van der Waals surface area contributed by atoms with Gasteiger partial charge < -0.3 is 0 Å². The summed E-state index contributed by atoms with van der Waals surface area (Å²) in [5.41, 5.74) is 1.80. The molecule has 0 spiro atoms. The van der Waals surface area contributed by atoms with E-state index >= 15 is 0 Å². The molecule has 2 aliphatic rings. The van der Waals surface area contributed by atoms with Crippen LogP contribution in [0.15, 0.2) is 34.1 Å². The summed E-state index contributed by atoms with van der Waals surface area (Å²) in [4.78, 5) is 22.2. The maximum Gasteiger partial charge on any atom is 0.352 e. The Morgan fingerprint density at radius 2 is 1.88 bits per heavy atom.